The number of hydrogen-bond acceptors (Lipinski definition) is 10. The number of hydrogen-bond donors (Lipinski definition) is 0. The smallest absolute Gasteiger partial charge is 0.213 e. The molecule has 1 fully saturated rings. The molecular weight excluding hydrogens is 520 g/mol. The summed E-state index contributed by atoms with van der Waals surface area (Å²) in [6.45, 7) is 4.22. The molecular formula is C24H31ClN6O5S. The van der Waals surface area contributed by atoms with Crippen LogP contribution in [0.2, 0.25) is 5.02 Å². The SMILES string of the molecule is COc1cccc(-c2nnc(CS(=O)(=O)[C@@H](C)[C@H](OC)c3ncc(Cl)cn3)n2[C@@H](C)[C@@H]2CCCCO2)n1. The summed E-state index contributed by atoms with van der Waals surface area (Å²) in [7, 11) is -0.843. The van der Waals surface area contributed by atoms with Gasteiger partial charge in [0, 0.05) is 32.2 Å². The third kappa shape index (κ3) is 6.08. The van der Waals surface area contributed by atoms with E-state index < -0.39 is 21.2 Å². The first-order valence-corrected chi connectivity index (χ1v) is 14.1. The van der Waals surface area contributed by atoms with Crippen molar-refractivity contribution < 1.29 is 22.6 Å². The summed E-state index contributed by atoms with van der Waals surface area (Å²) < 4.78 is 45.9. The van der Waals surface area contributed by atoms with Gasteiger partial charge in [-0.15, -0.1) is 10.2 Å². The summed E-state index contributed by atoms with van der Waals surface area (Å²) in [6.07, 6.45) is 4.70. The molecule has 0 N–H and O–H groups in total. The molecule has 0 aliphatic carbocycles. The number of pyridine rings is 1. The molecule has 1 saturated heterocycles. The predicted octanol–water partition coefficient (Wildman–Crippen LogP) is 3.61. The molecule has 1 aliphatic rings. The van der Waals surface area contributed by atoms with Crippen molar-refractivity contribution in [3.63, 3.8) is 0 Å². The van der Waals surface area contributed by atoms with Crippen molar-refractivity contribution in [1.82, 2.24) is 29.7 Å². The van der Waals surface area contributed by atoms with Gasteiger partial charge in [-0.3, -0.25) is 0 Å². The second-order valence-electron chi connectivity index (χ2n) is 8.95. The van der Waals surface area contributed by atoms with E-state index in [2.05, 4.69) is 25.1 Å². The second kappa shape index (κ2) is 11.8. The highest BCUT2D eigenvalue weighted by molar-refractivity contribution is 7.91. The van der Waals surface area contributed by atoms with Crippen LogP contribution in [0.15, 0.2) is 30.6 Å². The van der Waals surface area contributed by atoms with E-state index in [1.807, 2.05) is 11.5 Å². The molecule has 4 atom stereocenters. The third-order valence-electron chi connectivity index (χ3n) is 6.56. The Morgan fingerprint density at radius 1 is 1.16 bits per heavy atom. The van der Waals surface area contributed by atoms with Crippen LogP contribution in [0.25, 0.3) is 11.5 Å². The molecule has 0 bridgehead atoms. The molecule has 4 heterocycles. The molecule has 200 valence electrons. The molecule has 37 heavy (non-hydrogen) atoms. The van der Waals surface area contributed by atoms with Crippen LogP contribution in [0, 0.1) is 0 Å². The van der Waals surface area contributed by atoms with Gasteiger partial charge >= 0.3 is 0 Å². The Kier molecular flexibility index (Phi) is 8.73. The van der Waals surface area contributed by atoms with Gasteiger partial charge in [-0.05, 0) is 39.2 Å². The van der Waals surface area contributed by atoms with E-state index in [0.29, 0.717) is 34.9 Å². The van der Waals surface area contributed by atoms with Gasteiger partial charge < -0.3 is 18.8 Å². The highest BCUT2D eigenvalue weighted by atomic mass is 35.5. The molecule has 11 nitrogen and oxygen atoms in total. The van der Waals surface area contributed by atoms with E-state index in [4.69, 9.17) is 25.8 Å². The van der Waals surface area contributed by atoms with Gasteiger partial charge in [0.25, 0.3) is 0 Å². The standard InChI is InChI=1S/C24H31ClN6O5S/c1-15(19-9-5-6-11-36-19)31-20(29-30-24(31)18-8-7-10-21(28-18)34-3)14-37(32,33)16(2)22(35-4)23-26-12-17(25)13-27-23/h7-8,10,12-13,15-16,19,22H,5-6,9,11,14H2,1-4H3/t15-,16-,19-,22-/m0/s1. The minimum atomic E-state index is -3.80. The van der Waals surface area contributed by atoms with Crippen LogP contribution in [0.3, 0.4) is 0 Å². The number of sulfone groups is 1. The van der Waals surface area contributed by atoms with Crippen molar-refractivity contribution in [3.8, 4) is 17.4 Å². The topological polar surface area (TPSA) is 131 Å². The third-order valence-corrected chi connectivity index (χ3v) is 8.80. The summed E-state index contributed by atoms with van der Waals surface area (Å²) >= 11 is 5.89. The fraction of sp³-hybridized carbons (Fsp3) is 0.542. The van der Waals surface area contributed by atoms with Crippen LogP contribution in [0.5, 0.6) is 5.88 Å². The summed E-state index contributed by atoms with van der Waals surface area (Å²) in [5.74, 6) is 1.02. The van der Waals surface area contributed by atoms with Crippen molar-refractivity contribution in [2.24, 2.45) is 0 Å². The average molecular weight is 551 g/mol. The number of methoxy groups -OCH3 is 2. The van der Waals surface area contributed by atoms with Crippen LogP contribution < -0.4 is 4.74 Å². The van der Waals surface area contributed by atoms with Gasteiger partial charge in [0.15, 0.2) is 21.5 Å². The van der Waals surface area contributed by atoms with Crippen molar-refractivity contribution in [2.75, 3.05) is 20.8 Å². The first-order valence-electron chi connectivity index (χ1n) is 12.0. The largest absolute Gasteiger partial charge is 0.481 e. The van der Waals surface area contributed by atoms with E-state index in [1.54, 1.807) is 25.1 Å². The lowest BCUT2D eigenvalue weighted by Gasteiger charge is -2.30. The molecule has 0 spiro atoms. The Morgan fingerprint density at radius 2 is 1.92 bits per heavy atom. The molecule has 4 rings (SSSR count). The fourth-order valence-corrected chi connectivity index (χ4v) is 5.99. The maximum Gasteiger partial charge on any atom is 0.213 e. The van der Waals surface area contributed by atoms with Crippen LogP contribution >= 0.6 is 11.6 Å². The molecule has 3 aromatic rings. The van der Waals surface area contributed by atoms with Crippen molar-refractivity contribution >= 4 is 21.4 Å². The zero-order valence-corrected chi connectivity index (χ0v) is 22.8. The van der Waals surface area contributed by atoms with Crippen molar-refractivity contribution in [2.45, 2.75) is 62.4 Å². The Bertz CT molecular complexity index is 1300. The Balaban J connectivity index is 1.70. The maximum absolute atomic E-state index is 13.6. The Morgan fingerprint density at radius 3 is 2.57 bits per heavy atom. The minimum Gasteiger partial charge on any atom is -0.481 e. The number of nitrogens with zero attached hydrogens (tertiary/aromatic N) is 6. The van der Waals surface area contributed by atoms with Gasteiger partial charge in [-0.1, -0.05) is 17.7 Å². The maximum atomic E-state index is 13.6. The Hall–Kier alpha value is -2.67. The molecule has 0 radical (unpaired) electrons. The summed E-state index contributed by atoms with van der Waals surface area (Å²) in [5.41, 5.74) is 0.524. The van der Waals surface area contributed by atoms with E-state index in [-0.39, 0.29) is 23.7 Å². The minimum absolute atomic E-state index is 0.109. The van der Waals surface area contributed by atoms with Crippen LogP contribution in [-0.2, 0) is 25.1 Å². The fourth-order valence-electron chi connectivity index (χ4n) is 4.47. The number of rotatable bonds is 10. The van der Waals surface area contributed by atoms with Gasteiger partial charge in [0.1, 0.15) is 23.4 Å². The molecule has 1 aliphatic heterocycles. The van der Waals surface area contributed by atoms with Crippen molar-refractivity contribution in [1.29, 1.82) is 0 Å². The number of aromatic nitrogens is 6. The predicted molar refractivity (Wildman–Crippen MR) is 137 cm³/mol. The normalized spacial score (nSPS) is 18.8. The van der Waals surface area contributed by atoms with Crippen molar-refractivity contribution in [3.05, 3.63) is 47.3 Å². The second-order valence-corrected chi connectivity index (χ2v) is 11.7. The monoisotopic (exact) mass is 550 g/mol. The highest BCUT2D eigenvalue weighted by Gasteiger charge is 2.36. The lowest BCUT2D eigenvalue weighted by molar-refractivity contribution is -0.0125. The zero-order chi connectivity index (χ0) is 26.6. The molecule has 13 heteroatoms. The molecule has 0 saturated carbocycles. The lowest BCUT2D eigenvalue weighted by Crippen LogP contribution is -2.32. The van der Waals surface area contributed by atoms with Gasteiger partial charge in [0.05, 0.1) is 29.5 Å². The molecule has 0 unspecified atom stereocenters. The van der Waals surface area contributed by atoms with Crippen LogP contribution in [0.1, 0.15) is 56.9 Å². The summed E-state index contributed by atoms with van der Waals surface area (Å²) in [4.78, 5) is 12.8. The first kappa shape index (κ1) is 27.4. The first-order chi connectivity index (χ1) is 17.7. The molecule has 3 aromatic heterocycles. The van der Waals surface area contributed by atoms with Crippen LogP contribution in [0.4, 0.5) is 0 Å². The van der Waals surface area contributed by atoms with E-state index in [0.717, 1.165) is 19.3 Å². The van der Waals surface area contributed by atoms with Gasteiger partial charge in [-0.25, -0.2) is 23.4 Å². The van der Waals surface area contributed by atoms with Gasteiger partial charge in [0.2, 0.25) is 5.88 Å². The highest BCUT2D eigenvalue weighted by Crippen LogP contribution is 2.32. The van der Waals surface area contributed by atoms with E-state index in [1.165, 1.54) is 26.6 Å². The van der Waals surface area contributed by atoms with E-state index in [9.17, 15) is 8.42 Å². The quantitative estimate of drug-likeness (QED) is 0.368. The van der Waals surface area contributed by atoms with Crippen LogP contribution in [-0.4, -0.2) is 70.3 Å². The van der Waals surface area contributed by atoms with Gasteiger partial charge in [-0.2, -0.15) is 0 Å². The zero-order valence-electron chi connectivity index (χ0n) is 21.2. The summed E-state index contributed by atoms with van der Waals surface area (Å²) in [5, 5.41) is 8.05. The molecule has 0 aromatic carbocycles. The number of halogens is 1. The molecule has 0 amide bonds. The average Bonchev–Trinajstić information content (AvgIpc) is 3.32. The Labute approximate surface area is 221 Å². The number of ether oxygens (including phenoxy) is 3. The summed E-state index contributed by atoms with van der Waals surface area (Å²) in [6, 6.07) is 5.10. The van der Waals surface area contributed by atoms with E-state index >= 15 is 0 Å². The lowest BCUT2D eigenvalue weighted by atomic mass is 10.0.